The molecule has 0 aromatic heterocycles. The summed E-state index contributed by atoms with van der Waals surface area (Å²) in [4.78, 5) is 26.1. The number of hydrogen-bond acceptors (Lipinski definition) is 5. The van der Waals surface area contributed by atoms with Crippen LogP contribution in [-0.2, 0) is 19.0 Å². The van der Waals surface area contributed by atoms with Crippen molar-refractivity contribution in [2.75, 3.05) is 6.61 Å². The van der Waals surface area contributed by atoms with Crippen LogP contribution in [0.25, 0.3) is 11.1 Å². The summed E-state index contributed by atoms with van der Waals surface area (Å²) in [5, 5.41) is 2.81. The van der Waals surface area contributed by atoms with Gasteiger partial charge in [-0.3, -0.25) is 0 Å². The number of esters is 1. The van der Waals surface area contributed by atoms with Gasteiger partial charge in [-0.25, -0.2) is 9.59 Å². The van der Waals surface area contributed by atoms with Gasteiger partial charge in [-0.05, 0) is 58.2 Å². The molecule has 2 aromatic rings. The highest BCUT2D eigenvalue weighted by atomic mass is 16.6. The smallest absolute Gasteiger partial charge is 0.408 e. The molecule has 2 atom stereocenters. The summed E-state index contributed by atoms with van der Waals surface area (Å²) >= 11 is 0. The minimum atomic E-state index is -1.39. The highest BCUT2D eigenvalue weighted by molar-refractivity contribution is 5.87. The molecule has 1 fully saturated rings. The third-order valence-electron chi connectivity index (χ3n) is 5.04. The van der Waals surface area contributed by atoms with E-state index < -0.39 is 34.9 Å². The van der Waals surface area contributed by atoms with Crippen molar-refractivity contribution in [2.45, 2.75) is 70.8 Å². The summed E-state index contributed by atoms with van der Waals surface area (Å²) in [6.45, 7) is 11.0. The number of hydrogen-bond donors (Lipinski definition) is 1. The Balaban J connectivity index is 1.94. The maximum Gasteiger partial charge on any atom is 0.408 e. The molecule has 1 amide bonds. The SMILES string of the molecule is CC(C)(C)OC(=O)NC1(C(=O)OC(C)(C)C)CCOC1c1ccc(-c2ccccc2)cc1. The van der Waals surface area contributed by atoms with Gasteiger partial charge in [0.25, 0.3) is 0 Å². The van der Waals surface area contributed by atoms with E-state index in [1.165, 1.54) is 0 Å². The molecule has 0 saturated carbocycles. The molecule has 172 valence electrons. The fourth-order valence-electron chi connectivity index (χ4n) is 3.72. The predicted octanol–water partition coefficient (Wildman–Crippen LogP) is 5.42. The lowest BCUT2D eigenvalue weighted by molar-refractivity contribution is -0.166. The highest BCUT2D eigenvalue weighted by Gasteiger charge is 2.55. The van der Waals surface area contributed by atoms with Crippen LogP contribution in [0.5, 0.6) is 0 Å². The monoisotopic (exact) mass is 439 g/mol. The van der Waals surface area contributed by atoms with Crippen molar-refractivity contribution in [2.24, 2.45) is 0 Å². The van der Waals surface area contributed by atoms with Crippen LogP contribution in [0.1, 0.15) is 59.6 Å². The van der Waals surface area contributed by atoms with Gasteiger partial charge in [0.1, 0.15) is 17.3 Å². The zero-order valence-electron chi connectivity index (χ0n) is 19.7. The van der Waals surface area contributed by atoms with Crippen molar-refractivity contribution in [1.29, 1.82) is 0 Å². The molecular weight excluding hydrogens is 406 g/mol. The minimum Gasteiger partial charge on any atom is -0.458 e. The van der Waals surface area contributed by atoms with Gasteiger partial charge in [0.05, 0.1) is 6.61 Å². The summed E-state index contributed by atoms with van der Waals surface area (Å²) in [5.74, 6) is -0.537. The van der Waals surface area contributed by atoms with Gasteiger partial charge < -0.3 is 19.5 Å². The van der Waals surface area contributed by atoms with Crippen molar-refractivity contribution in [3.63, 3.8) is 0 Å². The molecule has 6 nitrogen and oxygen atoms in total. The molecule has 2 unspecified atom stereocenters. The number of benzene rings is 2. The Morgan fingerprint density at radius 3 is 2.00 bits per heavy atom. The molecule has 2 aromatic carbocycles. The van der Waals surface area contributed by atoms with Gasteiger partial charge in [-0.2, -0.15) is 0 Å². The quantitative estimate of drug-likeness (QED) is 0.644. The molecular formula is C26H33NO5. The van der Waals surface area contributed by atoms with Gasteiger partial charge in [-0.1, -0.05) is 54.6 Å². The molecule has 0 bridgehead atoms. The van der Waals surface area contributed by atoms with E-state index in [1.807, 2.05) is 54.6 Å². The van der Waals surface area contributed by atoms with Gasteiger partial charge in [0.15, 0.2) is 5.54 Å². The second kappa shape index (κ2) is 8.94. The lowest BCUT2D eigenvalue weighted by Crippen LogP contribution is -2.59. The van der Waals surface area contributed by atoms with Crippen molar-refractivity contribution < 1.29 is 23.8 Å². The molecule has 1 heterocycles. The van der Waals surface area contributed by atoms with E-state index in [4.69, 9.17) is 14.2 Å². The van der Waals surface area contributed by atoms with E-state index in [0.29, 0.717) is 6.61 Å². The maximum absolute atomic E-state index is 13.4. The number of carbonyl (C=O) groups is 2. The minimum absolute atomic E-state index is 0.284. The Morgan fingerprint density at radius 2 is 1.44 bits per heavy atom. The number of amides is 1. The third kappa shape index (κ3) is 5.68. The fraction of sp³-hybridized carbons (Fsp3) is 0.462. The Bertz CT molecular complexity index is 941. The Labute approximate surface area is 190 Å². The van der Waals surface area contributed by atoms with Gasteiger partial charge in [-0.15, -0.1) is 0 Å². The molecule has 1 saturated heterocycles. The van der Waals surface area contributed by atoms with Crippen molar-refractivity contribution in [3.8, 4) is 11.1 Å². The molecule has 1 aliphatic rings. The number of carbonyl (C=O) groups excluding carboxylic acids is 2. The van der Waals surface area contributed by atoms with Gasteiger partial charge in [0.2, 0.25) is 0 Å². The van der Waals surface area contributed by atoms with E-state index in [1.54, 1.807) is 41.5 Å². The van der Waals surface area contributed by atoms with E-state index in [-0.39, 0.29) is 6.42 Å². The van der Waals surface area contributed by atoms with Crippen LogP contribution in [0.2, 0.25) is 0 Å². The lowest BCUT2D eigenvalue weighted by Gasteiger charge is -2.36. The molecule has 32 heavy (non-hydrogen) atoms. The topological polar surface area (TPSA) is 73.9 Å². The second-order valence-corrected chi connectivity index (χ2v) is 10.1. The van der Waals surface area contributed by atoms with Gasteiger partial charge in [0, 0.05) is 6.42 Å². The van der Waals surface area contributed by atoms with Crippen LogP contribution >= 0.6 is 0 Å². The van der Waals surface area contributed by atoms with Crippen molar-refractivity contribution >= 4 is 12.1 Å². The number of alkyl carbamates (subject to hydrolysis) is 1. The van der Waals surface area contributed by atoms with Crippen LogP contribution in [0.3, 0.4) is 0 Å². The summed E-state index contributed by atoms with van der Waals surface area (Å²) in [6.07, 6.45) is -1.10. The molecule has 0 spiro atoms. The molecule has 0 aliphatic carbocycles. The van der Waals surface area contributed by atoms with E-state index >= 15 is 0 Å². The van der Waals surface area contributed by atoms with Crippen LogP contribution in [-0.4, -0.2) is 35.4 Å². The first-order valence-corrected chi connectivity index (χ1v) is 10.9. The summed E-state index contributed by atoms with van der Waals surface area (Å²) in [7, 11) is 0. The lowest BCUT2D eigenvalue weighted by atomic mass is 9.86. The average Bonchev–Trinajstić information content (AvgIpc) is 3.10. The molecule has 0 radical (unpaired) electrons. The summed E-state index contributed by atoms with van der Waals surface area (Å²) < 4.78 is 17.2. The Morgan fingerprint density at radius 1 is 0.875 bits per heavy atom. The summed E-state index contributed by atoms with van der Waals surface area (Å²) in [6, 6.07) is 17.8. The zero-order valence-corrected chi connectivity index (χ0v) is 19.7. The zero-order chi connectivity index (χ0) is 23.6. The fourth-order valence-corrected chi connectivity index (χ4v) is 3.72. The highest BCUT2D eigenvalue weighted by Crippen LogP contribution is 2.41. The number of ether oxygens (including phenoxy) is 3. The van der Waals surface area contributed by atoms with Crippen LogP contribution < -0.4 is 5.32 Å². The van der Waals surface area contributed by atoms with E-state index in [9.17, 15) is 9.59 Å². The van der Waals surface area contributed by atoms with Crippen LogP contribution in [0, 0.1) is 0 Å². The molecule has 3 rings (SSSR count). The Kier molecular flexibility index (Phi) is 6.65. The van der Waals surface area contributed by atoms with Gasteiger partial charge >= 0.3 is 12.1 Å². The maximum atomic E-state index is 13.4. The van der Waals surface area contributed by atoms with Crippen LogP contribution in [0.4, 0.5) is 4.79 Å². The predicted molar refractivity (Wildman–Crippen MR) is 123 cm³/mol. The average molecular weight is 440 g/mol. The van der Waals surface area contributed by atoms with Crippen molar-refractivity contribution in [3.05, 3.63) is 60.2 Å². The first kappa shape index (κ1) is 23.8. The Hall–Kier alpha value is -2.86. The molecule has 6 heteroatoms. The normalized spacial score (nSPS) is 21.1. The largest absolute Gasteiger partial charge is 0.458 e. The van der Waals surface area contributed by atoms with Crippen LogP contribution in [0.15, 0.2) is 54.6 Å². The second-order valence-electron chi connectivity index (χ2n) is 10.1. The standard InChI is InChI=1S/C26H33NO5/c1-24(2,3)31-22(28)26(27-23(29)32-25(4,5)6)16-17-30-21(26)20-14-12-19(13-15-20)18-10-8-7-9-11-18/h7-15,21H,16-17H2,1-6H3,(H,27,29). The van der Waals surface area contributed by atoms with Crippen molar-refractivity contribution in [1.82, 2.24) is 5.32 Å². The molecule has 1 aliphatic heterocycles. The number of nitrogens with one attached hydrogen (secondary N) is 1. The third-order valence-corrected chi connectivity index (χ3v) is 5.04. The molecule has 1 N–H and O–H groups in total. The number of rotatable bonds is 4. The first-order valence-electron chi connectivity index (χ1n) is 10.9. The van der Waals surface area contributed by atoms with E-state index in [2.05, 4.69) is 5.32 Å². The van der Waals surface area contributed by atoms with E-state index in [0.717, 1.165) is 16.7 Å². The summed E-state index contributed by atoms with van der Waals surface area (Å²) in [5.41, 5.74) is 0.121. The first-order chi connectivity index (χ1) is 14.9.